The van der Waals surface area contributed by atoms with Crippen molar-refractivity contribution in [3.05, 3.63) is 33.1 Å². The fourth-order valence-corrected chi connectivity index (χ4v) is 1.54. The molecule has 0 heterocycles. The van der Waals surface area contributed by atoms with E-state index in [-0.39, 0.29) is 17.0 Å². The predicted octanol–water partition coefficient (Wildman–Crippen LogP) is 2.61. The fourth-order valence-electron chi connectivity index (χ4n) is 1.54. The molecule has 0 unspecified atom stereocenters. The zero-order valence-corrected chi connectivity index (χ0v) is 8.83. The molecule has 0 fully saturated rings. The maximum absolute atomic E-state index is 13.3. The second-order valence-corrected chi connectivity index (χ2v) is 3.12. The highest BCUT2D eigenvalue weighted by atomic mass is 19.1. The molecule has 0 radical (unpaired) electrons. The molecule has 5 heteroatoms. The molecule has 1 aromatic carbocycles. The smallest absolute Gasteiger partial charge is 0.282 e. The molecule has 0 aliphatic heterocycles. The Labute approximate surface area is 86.8 Å². The lowest BCUT2D eigenvalue weighted by Crippen LogP contribution is -2.02. The lowest BCUT2D eigenvalue weighted by molar-refractivity contribution is -0.386. The average Bonchev–Trinajstić information content (AvgIpc) is 2.20. The van der Waals surface area contributed by atoms with Crippen LogP contribution < -0.4 is 4.74 Å². The van der Waals surface area contributed by atoms with Crippen molar-refractivity contribution in [2.24, 2.45) is 0 Å². The van der Waals surface area contributed by atoms with Gasteiger partial charge < -0.3 is 4.74 Å². The molecule has 0 aromatic heterocycles. The van der Waals surface area contributed by atoms with Crippen molar-refractivity contribution in [2.75, 3.05) is 7.11 Å². The van der Waals surface area contributed by atoms with Crippen LogP contribution in [0.1, 0.15) is 18.1 Å². The number of hydrogen-bond acceptors (Lipinski definition) is 3. The van der Waals surface area contributed by atoms with E-state index in [1.165, 1.54) is 20.1 Å². The number of nitro benzene ring substituents is 1. The minimum Gasteiger partial charge on any atom is -0.496 e. The molecule has 0 saturated heterocycles. The third-order valence-electron chi connectivity index (χ3n) is 2.31. The molecule has 0 aliphatic carbocycles. The summed E-state index contributed by atoms with van der Waals surface area (Å²) in [5, 5.41) is 10.8. The van der Waals surface area contributed by atoms with Gasteiger partial charge in [-0.2, -0.15) is 0 Å². The van der Waals surface area contributed by atoms with Crippen molar-refractivity contribution in [3.63, 3.8) is 0 Å². The minimum absolute atomic E-state index is 0.0534. The van der Waals surface area contributed by atoms with Gasteiger partial charge in [0.1, 0.15) is 11.6 Å². The molecule has 0 aliphatic rings. The maximum atomic E-state index is 13.3. The number of nitro groups is 1. The van der Waals surface area contributed by atoms with Gasteiger partial charge in [0.25, 0.3) is 5.69 Å². The molecular formula is C10H12FNO3. The SMILES string of the molecule is CCc1c(OC)cc(F)c(C)c1[N+](=O)[O-]. The number of hydrogen-bond donors (Lipinski definition) is 0. The summed E-state index contributed by atoms with van der Waals surface area (Å²) >= 11 is 0. The molecule has 82 valence electrons. The molecule has 0 N–H and O–H groups in total. The Bertz CT molecular complexity index is 404. The number of ether oxygens (including phenoxy) is 1. The minimum atomic E-state index is -0.615. The van der Waals surface area contributed by atoms with Gasteiger partial charge in [-0.05, 0) is 13.3 Å². The number of halogens is 1. The lowest BCUT2D eigenvalue weighted by atomic mass is 10.0. The standard InChI is InChI=1S/C10H12FNO3/c1-4-7-9(15-3)5-8(11)6(2)10(7)12(13)14/h5H,4H2,1-3H3. The van der Waals surface area contributed by atoms with Gasteiger partial charge in [-0.25, -0.2) is 4.39 Å². The predicted molar refractivity (Wildman–Crippen MR) is 53.7 cm³/mol. The molecule has 1 rings (SSSR count). The summed E-state index contributed by atoms with van der Waals surface area (Å²) in [6.45, 7) is 3.16. The van der Waals surface area contributed by atoms with Crippen LogP contribution in [0.4, 0.5) is 10.1 Å². The van der Waals surface area contributed by atoms with Crippen molar-refractivity contribution < 1.29 is 14.1 Å². The Balaban J connectivity index is 3.56. The highest BCUT2D eigenvalue weighted by Gasteiger charge is 2.23. The third-order valence-corrected chi connectivity index (χ3v) is 2.31. The zero-order valence-electron chi connectivity index (χ0n) is 8.83. The summed E-state index contributed by atoms with van der Waals surface area (Å²) < 4.78 is 18.2. The van der Waals surface area contributed by atoms with Crippen LogP contribution in [0, 0.1) is 22.9 Å². The van der Waals surface area contributed by atoms with Crippen LogP contribution >= 0.6 is 0 Å². The normalized spacial score (nSPS) is 10.1. The summed E-state index contributed by atoms with van der Waals surface area (Å²) in [5.41, 5.74) is 0.299. The van der Waals surface area contributed by atoms with Crippen LogP contribution in [0.2, 0.25) is 0 Å². The number of nitrogens with zero attached hydrogens (tertiary/aromatic N) is 1. The summed E-state index contributed by atoms with van der Waals surface area (Å²) in [4.78, 5) is 10.2. The van der Waals surface area contributed by atoms with Crippen LogP contribution in [0.5, 0.6) is 5.75 Å². The van der Waals surface area contributed by atoms with Gasteiger partial charge >= 0.3 is 0 Å². The monoisotopic (exact) mass is 213 g/mol. The molecule has 0 spiro atoms. The average molecular weight is 213 g/mol. The first kappa shape index (κ1) is 11.4. The van der Waals surface area contributed by atoms with E-state index in [4.69, 9.17) is 4.74 Å². The van der Waals surface area contributed by atoms with Crippen LogP contribution in [0.15, 0.2) is 6.07 Å². The van der Waals surface area contributed by atoms with Gasteiger partial charge in [-0.3, -0.25) is 10.1 Å². The zero-order chi connectivity index (χ0) is 11.6. The number of rotatable bonds is 3. The Morgan fingerprint density at radius 3 is 2.60 bits per heavy atom. The summed E-state index contributed by atoms with van der Waals surface area (Å²) in [6.07, 6.45) is 0.431. The summed E-state index contributed by atoms with van der Waals surface area (Å²) in [7, 11) is 1.37. The van der Waals surface area contributed by atoms with E-state index in [1.54, 1.807) is 6.92 Å². The van der Waals surface area contributed by atoms with Crippen LogP contribution in [-0.2, 0) is 6.42 Å². The number of methoxy groups -OCH3 is 1. The van der Waals surface area contributed by atoms with Crippen molar-refractivity contribution in [1.29, 1.82) is 0 Å². The van der Waals surface area contributed by atoms with E-state index in [0.717, 1.165) is 0 Å². The topological polar surface area (TPSA) is 52.4 Å². The molecule has 15 heavy (non-hydrogen) atoms. The maximum Gasteiger partial charge on any atom is 0.282 e. The van der Waals surface area contributed by atoms with E-state index in [9.17, 15) is 14.5 Å². The third kappa shape index (κ3) is 1.91. The van der Waals surface area contributed by atoms with Gasteiger partial charge in [0, 0.05) is 6.07 Å². The molecule has 4 nitrogen and oxygen atoms in total. The fraction of sp³-hybridized carbons (Fsp3) is 0.400. The first-order valence-corrected chi connectivity index (χ1v) is 4.53. The highest BCUT2D eigenvalue weighted by molar-refractivity contribution is 5.55. The number of benzene rings is 1. The van der Waals surface area contributed by atoms with Crippen molar-refractivity contribution >= 4 is 5.69 Å². The summed E-state index contributed by atoms with van der Waals surface area (Å²) in [5.74, 6) is -0.386. The first-order chi connectivity index (χ1) is 7.02. The highest BCUT2D eigenvalue weighted by Crippen LogP contribution is 2.33. The van der Waals surface area contributed by atoms with Crippen LogP contribution in [0.3, 0.4) is 0 Å². The quantitative estimate of drug-likeness (QED) is 0.572. The van der Waals surface area contributed by atoms with Gasteiger partial charge in [0.2, 0.25) is 0 Å². The van der Waals surface area contributed by atoms with Crippen molar-refractivity contribution in [2.45, 2.75) is 20.3 Å². The Morgan fingerprint density at radius 1 is 1.60 bits per heavy atom. The Morgan fingerprint density at radius 2 is 2.20 bits per heavy atom. The van der Waals surface area contributed by atoms with Gasteiger partial charge in [-0.15, -0.1) is 0 Å². The first-order valence-electron chi connectivity index (χ1n) is 4.53. The lowest BCUT2D eigenvalue weighted by Gasteiger charge is -2.09. The van der Waals surface area contributed by atoms with E-state index in [0.29, 0.717) is 12.0 Å². The Kier molecular flexibility index (Phi) is 3.24. The molecular weight excluding hydrogens is 201 g/mol. The van der Waals surface area contributed by atoms with Crippen LogP contribution in [-0.4, -0.2) is 12.0 Å². The van der Waals surface area contributed by atoms with Crippen molar-refractivity contribution in [3.8, 4) is 5.75 Å². The van der Waals surface area contributed by atoms with Gasteiger partial charge in [0.05, 0.1) is 23.2 Å². The van der Waals surface area contributed by atoms with Gasteiger partial charge in [0.15, 0.2) is 0 Å². The van der Waals surface area contributed by atoms with E-state index >= 15 is 0 Å². The largest absolute Gasteiger partial charge is 0.496 e. The second kappa shape index (κ2) is 4.25. The van der Waals surface area contributed by atoms with Crippen molar-refractivity contribution in [1.82, 2.24) is 0 Å². The van der Waals surface area contributed by atoms with Gasteiger partial charge in [-0.1, -0.05) is 6.92 Å². The molecule has 0 bridgehead atoms. The molecule has 0 saturated carbocycles. The molecule has 0 atom stereocenters. The Hall–Kier alpha value is -1.65. The van der Waals surface area contributed by atoms with E-state index in [1.807, 2.05) is 0 Å². The van der Waals surface area contributed by atoms with Crippen LogP contribution in [0.25, 0.3) is 0 Å². The second-order valence-electron chi connectivity index (χ2n) is 3.12. The van der Waals surface area contributed by atoms with E-state index in [2.05, 4.69) is 0 Å². The summed E-state index contributed by atoms with van der Waals surface area (Å²) in [6, 6.07) is 1.18. The molecule has 1 aromatic rings. The molecule has 0 amide bonds. The van der Waals surface area contributed by atoms with E-state index < -0.39 is 10.7 Å².